The third-order valence-electron chi connectivity index (χ3n) is 3.63. The topological polar surface area (TPSA) is 102 Å². The molecule has 1 aromatic heterocycles. The van der Waals surface area contributed by atoms with E-state index in [4.69, 9.17) is 11.5 Å². The van der Waals surface area contributed by atoms with Crippen LogP contribution in [0.3, 0.4) is 0 Å². The molecular formula is C14H20N4O2. The Kier molecular flexibility index (Phi) is 4.68. The summed E-state index contributed by atoms with van der Waals surface area (Å²) in [6.07, 6.45) is 5.57. The molecule has 1 heterocycles. The summed E-state index contributed by atoms with van der Waals surface area (Å²) in [4.78, 5) is 29.5. The van der Waals surface area contributed by atoms with E-state index >= 15 is 0 Å². The molecule has 6 nitrogen and oxygen atoms in total. The second-order valence-corrected chi connectivity index (χ2v) is 5.08. The van der Waals surface area contributed by atoms with Crippen molar-refractivity contribution in [1.29, 1.82) is 0 Å². The van der Waals surface area contributed by atoms with Gasteiger partial charge in [-0.3, -0.25) is 14.6 Å². The van der Waals surface area contributed by atoms with Gasteiger partial charge >= 0.3 is 0 Å². The van der Waals surface area contributed by atoms with Gasteiger partial charge in [0.25, 0.3) is 5.91 Å². The number of aromatic nitrogens is 1. The summed E-state index contributed by atoms with van der Waals surface area (Å²) in [7, 11) is 0. The maximum absolute atomic E-state index is 12.6. The summed E-state index contributed by atoms with van der Waals surface area (Å²) in [5, 5.41) is 0. The first-order valence-electron chi connectivity index (χ1n) is 6.86. The molecule has 1 aromatic rings. The lowest BCUT2D eigenvalue weighted by Crippen LogP contribution is -2.44. The highest BCUT2D eigenvalue weighted by Gasteiger charge is 2.28. The van der Waals surface area contributed by atoms with E-state index in [2.05, 4.69) is 4.98 Å². The second-order valence-electron chi connectivity index (χ2n) is 5.08. The van der Waals surface area contributed by atoms with Crippen LogP contribution >= 0.6 is 0 Å². The van der Waals surface area contributed by atoms with Crippen LogP contribution in [-0.2, 0) is 11.3 Å². The maximum atomic E-state index is 12.6. The van der Waals surface area contributed by atoms with E-state index in [0.29, 0.717) is 11.3 Å². The highest BCUT2D eigenvalue weighted by molar-refractivity contribution is 5.96. The molecular weight excluding hydrogens is 256 g/mol. The zero-order valence-corrected chi connectivity index (χ0v) is 11.4. The number of hydrogen-bond donors (Lipinski definition) is 2. The maximum Gasteiger partial charge on any atom is 0.254 e. The molecule has 1 aliphatic rings. The smallest absolute Gasteiger partial charge is 0.254 e. The Balaban J connectivity index is 2.22. The lowest BCUT2D eigenvalue weighted by molar-refractivity contribution is -0.119. The number of hydrogen-bond acceptors (Lipinski definition) is 4. The molecule has 0 saturated heterocycles. The van der Waals surface area contributed by atoms with Crippen LogP contribution in [0.1, 0.15) is 41.7 Å². The Bertz CT molecular complexity index is 498. The van der Waals surface area contributed by atoms with E-state index in [1.54, 1.807) is 23.2 Å². The average Bonchev–Trinajstić information content (AvgIpc) is 2.98. The summed E-state index contributed by atoms with van der Waals surface area (Å²) < 4.78 is 0. The molecule has 6 heteroatoms. The minimum atomic E-state index is -0.488. The molecule has 2 amide bonds. The first kappa shape index (κ1) is 14.5. The molecule has 0 unspecified atom stereocenters. The first-order valence-corrected chi connectivity index (χ1v) is 6.86. The SMILES string of the molecule is NCc1cc(C(=O)N(CC(N)=O)C2CCCC2)ccn1. The number of rotatable bonds is 5. The van der Waals surface area contributed by atoms with Gasteiger partial charge in [-0.15, -0.1) is 0 Å². The lowest BCUT2D eigenvalue weighted by atomic mass is 10.1. The third kappa shape index (κ3) is 3.33. The Morgan fingerprint density at radius 2 is 2.05 bits per heavy atom. The molecule has 0 aromatic carbocycles. The Morgan fingerprint density at radius 3 is 2.65 bits per heavy atom. The molecule has 108 valence electrons. The highest BCUT2D eigenvalue weighted by Crippen LogP contribution is 2.24. The zero-order valence-electron chi connectivity index (χ0n) is 11.4. The lowest BCUT2D eigenvalue weighted by Gasteiger charge is -2.27. The van der Waals surface area contributed by atoms with Crippen molar-refractivity contribution < 1.29 is 9.59 Å². The summed E-state index contributed by atoms with van der Waals surface area (Å²) in [5.41, 5.74) is 12.0. The van der Waals surface area contributed by atoms with Gasteiger partial charge in [0, 0.05) is 24.3 Å². The zero-order chi connectivity index (χ0) is 14.5. The standard InChI is InChI=1S/C14H20N4O2/c15-8-11-7-10(5-6-17-11)14(20)18(9-13(16)19)12-3-1-2-4-12/h5-7,12H,1-4,8-9,15H2,(H2,16,19). The Labute approximate surface area is 118 Å². The predicted molar refractivity (Wildman–Crippen MR) is 74.6 cm³/mol. The molecule has 0 aliphatic heterocycles. The van der Waals surface area contributed by atoms with Crippen LogP contribution < -0.4 is 11.5 Å². The van der Waals surface area contributed by atoms with E-state index < -0.39 is 5.91 Å². The van der Waals surface area contributed by atoms with Gasteiger partial charge in [-0.25, -0.2) is 0 Å². The molecule has 1 fully saturated rings. The molecule has 1 aliphatic carbocycles. The van der Waals surface area contributed by atoms with Gasteiger partial charge < -0.3 is 16.4 Å². The Hall–Kier alpha value is -1.95. The van der Waals surface area contributed by atoms with Gasteiger partial charge in [0.15, 0.2) is 0 Å². The van der Waals surface area contributed by atoms with Gasteiger partial charge in [0.05, 0.1) is 12.2 Å². The predicted octanol–water partition coefficient (Wildman–Crippen LogP) is 0.410. The molecule has 0 spiro atoms. The van der Waals surface area contributed by atoms with Crippen molar-refractivity contribution >= 4 is 11.8 Å². The van der Waals surface area contributed by atoms with Crippen molar-refractivity contribution in [1.82, 2.24) is 9.88 Å². The molecule has 4 N–H and O–H groups in total. The number of pyridine rings is 1. The molecule has 0 radical (unpaired) electrons. The van der Waals surface area contributed by atoms with Crippen LogP contribution in [0.2, 0.25) is 0 Å². The van der Waals surface area contributed by atoms with Gasteiger partial charge in [0.2, 0.25) is 5.91 Å². The number of amides is 2. The van der Waals surface area contributed by atoms with Crippen molar-refractivity contribution in [2.24, 2.45) is 11.5 Å². The molecule has 0 atom stereocenters. The summed E-state index contributed by atoms with van der Waals surface area (Å²) >= 11 is 0. The molecule has 20 heavy (non-hydrogen) atoms. The van der Waals surface area contributed by atoms with Crippen LogP contribution in [0.25, 0.3) is 0 Å². The summed E-state index contributed by atoms with van der Waals surface area (Å²) in [5.74, 6) is -0.661. The van der Waals surface area contributed by atoms with Gasteiger partial charge in [-0.05, 0) is 25.0 Å². The largest absolute Gasteiger partial charge is 0.368 e. The van der Waals surface area contributed by atoms with E-state index in [-0.39, 0.29) is 25.0 Å². The van der Waals surface area contributed by atoms with Crippen LogP contribution in [-0.4, -0.2) is 34.3 Å². The normalized spacial score (nSPS) is 15.2. The van der Waals surface area contributed by atoms with Crippen molar-refractivity contribution in [2.45, 2.75) is 38.3 Å². The van der Waals surface area contributed by atoms with Gasteiger partial charge in [-0.2, -0.15) is 0 Å². The summed E-state index contributed by atoms with van der Waals surface area (Å²) in [6, 6.07) is 3.42. The second kappa shape index (κ2) is 6.47. The van der Waals surface area contributed by atoms with E-state index in [1.165, 1.54) is 0 Å². The van der Waals surface area contributed by atoms with Gasteiger partial charge in [0.1, 0.15) is 0 Å². The van der Waals surface area contributed by atoms with E-state index in [9.17, 15) is 9.59 Å². The number of nitrogens with zero attached hydrogens (tertiary/aromatic N) is 2. The highest BCUT2D eigenvalue weighted by atomic mass is 16.2. The van der Waals surface area contributed by atoms with Gasteiger partial charge in [-0.1, -0.05) is 12.8 Å². The monoisotopic (exact) mass is 276 g/mol. The fourth-order valence-electron chi connectivity index (χ4n) is 2.64. The molecule has 1 saturated carbocycles. The first-order chi connectivity index (χ1) is 9.61. The fourth-order valence-corrected chi connectivity index (χ4v) is 2.64. The molecule has 2 rings (SSSR count). The van der Waals surface area contributed by atoms with Crippen molar-refractivity contribution in [2.75, 3.05) is 6.54 Å². The van der Waals surface area contributed by atoms with Crippen LogP contribution in [0.15, 0.2) is 18.3 Å². The number of carbonyl (C=O) groups is 2. The average molecular weight is 276 g/mol. The van der Waals surface area contributed by atoms with E-state index in [0.717, 1.165) is 25.7 Å². The quantitative estimate of drug-likeness (QED) is 0.813. The van der Waals surface area contributed by atoms with Crippen molar-refractivity contribution in [3.8, 4) is 0 Å². The van der Waals surface area contributed by atoms with Crippen LogP contribution in [0.4, 0.5) is 0 Å². The number of nitrogens with two attached hydrogens (primary N) is 2. The van der Waals surface area contributed by atoms with Crippen LogP contribution in [0.5, 0.6) is 0 Å². The number of carbonyl (C=O) groups excluding carboxylic acids is 2. The van der Waals surface area contributed by atoms with Crippen molar-refractivity contribution in [3.63, 3.8) is 0 Å². The minimum absolute atomic E-state index is 0.0379. The Morgan fingerprint density at radius 1 is 1.35 bits per heavy atom. The van der Waals surface area contributed by atoms with Crippen molar-refractivity contribution in [3.05, 3.63) is 29.6 Å². The molecule has 0 bridgehead atoms. The minimum Gasteiger partial charge on any atom is -0.368 e. The fraction of sp³-hybridized carbons (Fsp3) is 0.500. The van der Waals surface area contributed by atoms with E-state index in [1.807, 2.05) is 0 Å². The van der Waals surface area contributed by atoms with Crippen LogP contribution in [0, 0.1) is 0 Å². The third-order valence-corrected chi connectivity index (χ3v) is 3.63. The summed E-state index contributed by atoms with van der Waals surface area (Å²) in [6.45, 7) is 0.240. The number of primary amides is 1.